The van der Waals surface area contributed by atoms with E-state index in [-0.39, 0.29) is 11.6 Å². The molecule has 2 rings (SSSR count). The number of nitrogens with one attached hydrogen (secondary N) is 1. The van der Waals surface area contributed by atoms with E-state index in [1.165, 1.54) is 6.20 Å². The van der Waals surface area contributed by atoms with Crippen molar-refractivity contribution in [2.45, 2.75) is 33.0 Å². The van der Waals surface area contributed by atoms with Gasteiger partial charge < -0.3 is 9.88 Å². The van der Waals surface area contributed by atoms with E-state index < -0.39 is 11.9 Å². The minimum Gasteiger partial charge on any atom is -0.354 e. The van der Waals surface area contributed by atoms with E-state index in [2.05, 4.69) is 20.3 Å². The molecule has 2 aromatic heterocycles. The Morgan fingerprint density at radius 3 is 2.62 bits per heavy atom. The highest BCUT2D eigenvalue weighted by atomic mass is 19.4. The molecule has 0 spiro atoms. The van der Waals surface area contributed by atoms with E-state index in [1.807, 2.05) is 13.8 Å². The maximum absolute atomic E-state index is 12.9. The molecule has 0 fully saturated rings. The summed E-state index contributed by atoms with van der Waals surface area (Å²) < 4.78 is 40.6. The Morgan fingerprint density at radius 1 is 1.24 bits per heavy atom. The lowest BCUT2D eigenvalue weighted by atomic mass is 10.3. The van der Waals surface area contributed by atoms with Crippen molar-refractivity contribution in [3.8, 4) is 11.5 Å². The van der Waals surface area contributed by atoms with Crippen molar-refractivity contribution < 1.29 is 13.2 Å². The SMILES string of the molecule is CCCNc1nc(-c2nccn2CC)cc(C(F)(F)F)n1. The van der Waals surface area contributed by atoms with Gasteiger partial charge in [-0.05, 0) is 19.4 Å². The third-order valence-corrected chi connectivity index (χ3v) is 2.83. The fourth-order valence-electron chi connectivity index (χ4n) is 1.82. The molecule has 0 amide bonds. The van der Waals surface area contributed by atoms with Gasteiger partial charge in [0.1, 0.15) is 5.69 Å². The number of alkyl halides is 3. The Morgan fingerprint density at radius 2 is 2.00 bits per heavy atom. The van der Waals surface area contributed by atoms with Crippen LogP contribution in [0.15, 0.2) is 18.5 Å². The number of hydrogen-bond acceptors (Lipinski definition) is 4. The molecule has 0 unspecified atom stereocenters. The Hall–Kier alpha value is -2.12. The zero-order chi connectivity index (χ0) is 15.5. The second-order valence-electron chi connectivity index (χ2n) is 4.42. The first-order valence-corrected chi connectivity index (χ1v) is 6.67. The van der Waals surface area contributed by atoms with Crippen molar-refractivity contribution >= 4 is 5.95 Å². The monoisotopic (exact) mass is 299 g/mol. The van der Waals surface area contributed by atoms with E-state index in [4.69, 9.17) is 0 Å². The molecule has 114 valence electrons. The van der Waals surface area contributed by atoms with Gasteiger partial charge in [0, 0.05) is 25.5 Å². The summed E-state index contributed by atoms with van der Waals surface area (Å²) in [5.74, 6) is 0.359. The minimum absolute atomic E-state index is 0.0349. The summed E-state index contributed by atoms with van der Waals surface area (Å²) in [7, 11) is 0. The zero-order valence-electron chi connectivity index (χ0n) is 11.8. The number of halogens is 3. The molecule has 1 N–H and O–H groups in total. The van der Waals surface area contributed by atoms with E-state index in [0.717, 1.165) is 12.5 Å². The maximum Gasteiger partial charge on any atom is 0.433 e. The molecule has 5 nitrogen and oxygen atoms in total. The fourth-order valence-corrected chi connectivity index (χ4v) is 1.82. The molecule has 0 bridgehead atoms. The summed E-state index contributed by atoms with van der Waals surface area (Å²) in [6, 6.07) is 0.922. The number of aromatic nitrogens is 4. The predicted octanol–water partition coefficient (Wildman–Crippen LogP) is 3.20. The molecule has 21 heavy (non-hydrogen) atoms. The number of aryl methyl sites for hydroxylation is 1. The Bertz CT molecular complexity index is 606. The van der Waals surface area contributed by atoms with E-state index in [9.17, 15) is 13.2 Å². The lowest BCUT2D eigenvalue weighted by molar-refractivity contribution is -0.141. The summed E-state index contributed by atoms with van der Waals surface area (Å²) in [5.41, 5.74) is -0.820. The van der Waals surface area contributed by atoms with Crippen LogP contribution in [0.4, 0.5) is 19.1 Å². The average Bonchev–Trinajstić information content (AvgIpc) is 2.92. The molecule has 2 aromatic rings. The number of nitrogens with zero attached hydrogens (tertiary/aromatic N) is 4. The van der Waals surface area contributed by atoms with Crippen LogP contribution in [0.1, 0.15) is 26.0 Å². The minimum atomic E-state index is -4.52. The van der Waals surface area contributed by atoms with Crippen LogP contribution >= 0.6 is 0 Å². The molecular weight excluding hydrogens is 283 g/mol. The Balaban J connectivity index is 2.49. The van der Waals surface area contributed by atoms with Crippen LogP contribution in [0.5, 0.6) is 0 Å². The molecule has 8 heteroatoms. The first-order valence-electron chi connectivity index (χ1n) is 6.67. The van der Waals surface area contributed by atoms with Crippen molar-refractivity contribution in [3.05, 3.63) is 24.2 Å². The van der Waals surface area contributed by atoms with Crippen LogP contribution in [-0.2, 0) is 12.7 Å². The van der Waals surface area contributed by atoms with Gasteiger partial charge in [0.2, 0.25) is 5.95 Å². The maximum atomic E-state index is 12.9. The highest BCUT2D eigenvalue weighted by molar-refractivity contribution is 5.53. The molecule has 0 aliphatic carbocycles. The topological polar surface area (TPSA) is 55.6 Å². The van der Waals surface area contributed by atoms with Crippen LogP contribution in [0, 0.1) is 0 Å². The number of hydrogen-bond donors (Lipinski definition) is 1. The summed E-state index contributed by atoms with van der Waals surface area (Å²) in [5, 5.41) is 2.79. The predicted molar refractivity (Wildman–Crippen MR) is 72.7 cm³/mol. The Kier molecular flexibility index (Phi) is 4.44. The van der Waals surface area contributed by atoms with Crippen LogP contribution < -0.4 is 5.32 Å². The van der Waals surface area contributed by atoms with Gasteiger partial charge in [-0.1, -0.05) is 6.92 Å². The van der Waals surface area contributed by atoms with E-state index in [1.54, 1.807) is 10.8 Å². The molecule has 0 aliphatic heterocycles. The van der Waals surface area contributed by atoms with Crippen LogP contribution in [-0.4, -0.2) is 26.1 Å². The van der Waals surface area contributed by atoms with Gasteiger partial charge in [-0.25, -0.2) is 15.0 Å². The smallest absolute Gasteiger partial charge is 0.354 e. The van der Waals surface area contributed by atoms with Crippen molar-refractivity contribution in [2.75, 3.05) is 11.9 Å². The largest absolute Gasteiger partial charge is 0.433 e. The number of imidazole rings is 1. The first-order chi connectivity index (χ1) is 9.95. The van der Waals surface area contributed by atoms with E-state index in [0.29, 0.717) is 18.9 Å². The van der Waals surface area contributed by atoms with E-state index >= 15 is 0 Å². The molecule has 0 aromatic carbocycles. The molecule has 0 saturated carbocycles. The second kappa shape index (κ2) is 6.11. The second-order valence-corrected chi connectivity index (χ2v) is 4.42. The number of anilines is 1. The third-order valence-electron chi connectivity index (χ3n) is 2.83. The zero-order valence-corrected chi connectivity index (χ0v) is 11.8. The normalized spacial score (nSPS) is 11.7. The average molecular weight is 299 g/mol. The van der Waals surface area contributed by atoms with Crippen LogP contribution in [0.25, 0.3) is 11.5 Å². The van der Waals surface area contributed by atoms with Crippen LogP contribution in [0.2, 0.25) is 0 Å². The summed E-state index contributed by atoms with van der Waals surface area (Å²) in [6.07, 6.45) is -0.528. The molecule has 0 saturated heterocycles. The fraction of sp³-hybridized carbons (Fsp3) is 0.462. The Labute approximate surface area is 120 Å². The molecule has 0 aliphatic rings. The van der Waals surface area contributed by atoms with Gasteiger partial charge in [0.25, 0.3) is 0 Å². The summed E-state index contributed by atoms with van der Waals surface area (Å²) in [4.78, 5) is 11.7. The highest BCUT2D eigenvalue weighted by Gasteiger charge is 2.34. The third kappa shape index (κ3) is 3.50. The van der Waals surface area contributed by atoms with Crippen molar-refractivity contribution in [1.29, 1.82) is 0 Å². The quantitative estimate of drug-likeness (QED) is 0.921. The molecule has 0 radical (unpaired) electrons. The van der Waals surface area contributed by atoms with Gasteiger partial charge in [-0.3, -0.25) is 0 Å². The van der Waals surface area contributed by atoms with Crippen LogP contribution in [0.3, 0.4) is 0 Å². The van der Waals surface area contributed by atoms with Gasteiger partial charge in [-0.2, -0.15) is 13.2 Å². The van der Waals surface area contributed by atoms with Gasteiger partial charge in [0.05, 0.1) is 0 Å². The standard InChI is InChI=1S/C13H16F3N5/c1-3-5-18-12-19-9(8-10(20-12)13(14,15)16)11-17-6-7-21(11)4-2/h6-8H,3-5H2,1-2H3,(H,18,19,20). The lowest BCUT2D eigenvalue weighted by Crippen LogP contribution is -2.13. The first kappa shape index (κ1) is 15.3. The highest BCUT2D eigenvalue weighted by Crippen LogP contribution is 2.30. The molecule has 2 heterocycles. The van der Waals surface area contributed by atoms with Gasteiger partial charge >= 0.3 is 6.18 Å². The lowest BCUT2D eigenvalue weighted by Gasteiger charge is -2.11. The summed E-state index contributed by atoms with van der Waals surface area (Å²) in [6.45, 7) is 4.89. The van der Waals surface area contributed by atoms with Gasteiger partial charge in [0.15, 0.2) is 11.5 Å². The van der Waals surface area contributed by atoms with Crippen molar-refractivity contribution in [2.24, 2.45) is 0 Å². The van der Waals surface area contributed by atoms with Gasteiger partial charge in [-0.15, -0.1) is 0 Å². The molecular formula is C13H16F3N5. The number of rotatable bonds is 5. The van der Waals surface area contributed by atoms with Crippen molar-refractivity contribution in [1.82, 2.24) is 19.5 Å². The molecule has 0 atom stereocenters. The van der Waals surface area contributed by atoms with Crippen molar-refractivity contribution in [3.63, 3.8) is 0 Å². The summed E-state index contributed by atoms with van der Waals surface area (Å²) >= 11 is 0.